The van der Waals surface area contributed by atoms with E-state index in [0.29, 0.717) is 5.17 Å². The standard InChI is InChI=1S/C13H16N2O2S2/c1-9(10-5-3-2-4-6-10)15-11-7-19(16,17)8-12(11)18-13(15)14/h2-6,9,11-12,14H,7-8H2,1H3/t9-,11+,12-/m0/s1. The van der Waals surface area contributed by atoms with Crippen molar-refractivity contribution < 1.29 is 8.42 Å². The van der Waals surface area contributed by atoms with E-state index in [1.54, 1.807) is 0 Å². The zero-order valence-corrected chi connectivity index (χ0v) is 12.2. The van der Waals surface area contributed by atoms with Gasteiger partial charge in [0.1, 0.15) is 0 Å². The highest BCUT2D eigenvalue weighted by Crippen LogP contribution is 2.41. The Labute approximate surface area is 117 Å². The van der Waals surface area contributed by atoms with Gasteiger partial charge in [-0.15, -0.1) is 0 Å². The Balaban J connectivity index is 1.90. The highest BCUT2D eigenvalue weighted by atomic mass is 32.2. The van der Waals surface area contributed by atoms with Crippen LogP contribution in [0.3, 0.4) is 0 Å². The number of nitrogens with one attached hydrogen (secondary N) is 1. The summed E-state index contributed by atoms with van der Waals surface area (Å²) in [6, 6.07) is 9.97. The minimum absolute atomic E-state index is 0.0312. The van der Waals surface area contributed by atoms with Crippen molar-refractivity contribution in [3.63, 3.8) is 0 Å². The van der Waals surface area contributed by atoms with Crippen molar-refractivity contribution in [2.75, 3.05) is 11.5 Å². The number of amidine groups is 1. The van der Waals surface area contributed by atoms with E-state index < -0.39 is 9.84 Å². The van der Waals surface area contributed by atoms with Gasteiger partial charge in [-0.25, -0.2) is 8.42 Å². The highest BCUT2D eigenvalue weighted by Gasteiger charge is 2.49. The van der Waals surface area contributed by atoms with Crippen LogP contribution in [-0.4, -0.2) is 41.3 Å². The van der Waals surface area contributed by atoms with Crippen LogP contribution < -0.4 is 0 Å². The third kappa shape index (κ3) is 2.27. The van der Waals surface area contributed by atoms with E-state index in [1.807, 2.05) is 42.2 Å². The van der Waals surface area contributed by atoms with Gasteiger partial charge in [0.05, 0.1) is 23.6 Å². The number of hydrogen-bond donors (Lipinski definition) is 1. The van der Waals surface area contributed by atoms with E-state index in [0.717, 1.165) is 5.56 Å². The molecule has 4 nitrogen and oxygen atoms in total. The fourth-order valence-corrected chi connectivity index (χ4v) is 6.75. The number of sulfone groups is 1. The first-order valence-electron chi connectivity index (χ1n) is 6.27. The maximum atomic E-state index is 11.7. The van der Waals surface area contributed by atoms with Crippen LogP contribution in [0.15, 0.2) is 30.3 Å². The van der Waals surface area contributed by atoms with Gasteiger partial charge in [0, 0.05) is 5.25 Å². The summed E-state index contributed by atoms with van der Waals surface area (Å²) in [7, 11) is -2.94. The lowest BCUT2D eigenvalue weighted by molar-refractivity contribution is 0.287. The van der Waals surface area contributed by atoms with E-state index in [1.165, 1.54) is 11.8 Å². The first-order chi connectivity index (χ1) is 8.98. The Hall–Kier alpha value is -1.01. The normalized spacial score (nSPS) is 30.4. The summed E-state index contributed by atoms with van der Waals surface area (Å²) >= 11 is 1.40. The minimum atomic E-state index is -2.94. The zero-order valence-electron chi connectivity index (χ0n) is 10.6. The SMILES string of the molecule is C[C@@H](c1ccccc1)N1C(=N)S[C@H]2CS(=O)(=O)C[C@H]21. The van der Waals surface area contributed by atoms with Crippen molar-refractivity contribution in [2.24, 2.45) is 0 Å². The van der Waals surface area contributed by atoms with Gasteiger partial charge in [-0.1, -0.05) is 42.1 Å². The van der Waals surface area contributed by atoms with Gasteiger partial charge >= 0.3 is 0 Å². The molecule has 1 N–H and O–H groups in total. The van der Waals surface area contributed by atoms with Crippen LogP contribution in [0, 0.1) is 5.41 Å². The van der Waals surface area contributed by atoms with Gasteiger partial charge < -0.3 is 4.90 Å². The number of hydrogen-bond acceptors (Lipinski definition) is 4. The fourth-order valence-electron chi connectivity index (χ4n) is 2.88. The molecular formula is C13H16N2O2S2. The van der Waals surface area contributed by atoms with E-state index in [-0.39, 0.29) is 28.8 Å². The molecule has 0 aliphatic carbocycles. The van der Waals surface area contributed by atoms with Crippen molar-refractivity contribution in [3.8, 4) is 0 Å². The van der Waals surface area contributed by atoms with Gasteiger partial charge in [0.2, 0.25) is 0 Å². The molecule has 0 saturated carbocycles. The van der Waals surface area contributed by atoms with Crippen molar-refractivity contribution in [1.29, 1.82) is 5.41 Å². The van der Waals surface area contributed by atoms with Gasteiger partial charge in [0.15, 0.2) is 15.0 Å². The maximum Gasteiger partial charge on any atom is 0.157 e. The lowest BCUT2D eigenvalue weighted by Crippen LogP contribution is -2.38. The molecule has 0 amide bonds. The predicted octanol–water partition coefficient (Wildman–Crippen LogP) is 1.90. The molecule has 6 heteroatoms. The highest BCUT2D eigenvalue weighted by molar-refractivity contribution is 8.15. The average Bonchev–Trinajstić information content (AvgIpc) is 2.79. The molecule has 102 valence electrons. The molecule has 2 aliphatic heterocycles. The molecule has 2 saturated heterocycles. The molecule has 2 heterocycles. The Morgan fingerprint density at radius 1 is 1.32 bits per heavy atom. The Morgan fingerprint density at radius 2 is 2.00 bits per heavy atom. The van der Waals surface area contributed by atoms with Gasteiger partial charge in [-0.2, -0.15) is 0 Å². The average molecular weight is 296 g/mol. The molecule has 0 aromatic heterocycles. The quantitative estimate of drug-likeness (QED) is 0.905. The molecule has 0 unspecified atom stereocenters. The van der Waals surface area contributed by atoms with E-state index in [9.17, 15) is 8.42 Å². The summed E-state index contributed by atoms with van der Waals surface area (Å²) in [6.07, 6.45) is 0. The summed E-state index contributed by atoms with van der Waals surface area (Å²) in [5.74, 6) is 0.396. The zero-order chi connectivity index (χ0) is 13.6. The number of fused-ring (bicyclic) bond motifs is 1. The first kappa shape index (κ1) is 13.0. The van der Waals surface area contributed by atoms with Crippen LogP contribution in [0.5, 0.6) is 0 Å². The van der Waals surface area contributed by atoms with E-state index in [4.69, 9.17) is 5.41 Å². The monoisotopic (exact) mass is 296 g/mol. The van der Waals surface area contributed by atoms with Crippen LogP contribution in [0.25, 0.3) is 0 Å². The minimum Gasteiger partial charge on any atom is -0.340 e. The number of benzene rings is 1. The third-order valence-corrected chi connectivity index (χ3v) is 6.97. The molecule has 2 fully saturated rings. The summed E-state index contributed by atoms with van der Waals surface area (Å²) in [4.78, 5) is 1.97. The second-order valence-corrected chi connectivity index (χ2v) is 8.48. The van der Waals surface area contributed by atoms with E-state index in [2.05, 4.69) is 0 Å². The molecule has 19 heavy (non-hydrogen) atoms. The Morgan fingerprint density at radius 3 is 2.68 bits per heavy atom. The van der Waals surface area contributed by atoms with Crippen LogP contribution in [0.2, 0.25) is 0 Å². The summed E-state index contributed by atoms with van der Waals surface area (Å²) < 4.78 is 23.5. The second kappa shape index (κ2) is 4.52. The lowest BCUT2D eigenvalue weighted by atomic mass is 10.1. The maximum absolute atomic E-state index is 11.7. The van der Waals surface area contributed by atoms with Crippen LogP contribution in [0.4, 0.5) is 0 Å². The molecule has 0 spiro atoms. The number of nitrogens with zero attached hydrogens (tertiary/aromatic N) is 1. The summed E-state index contributed by atoms with van der Waals surface area (Å²) in [5.41, 5.74) is 1.12. The van der Waals surface area contributed by atoms with Crippen LogP contribution in [-0.2, 0) is 9.84 Å². The topological polar surface area (TPSA) is 61.2 Å². The van der Waals surface area contributed by atoms with Crippen molar-refractivity contribution >= 4 is 26.8 Å². The molecule has 3 atom stereocenters. The molecule has 0 bridgehead atoms. The number of rotatable bonds is 2. The molecular weight excluding hydrogens is 280 g/mol. The third-order valence-electron chi connectivity index (χ3n) is 3.83. The largest absolute Gasteiger partial charge is 0.340 e. The Kier molecular flexibility index (Phi) is 3.09. The van der Waals surface area contributed by atoms with Crippen molar-refractivity contribution in [1.82, 2.24) is 4.90 Å². The van der Waals surface area contributed by atoms with Crippen LogP contribution in [0.1, 0.15) is 18.5 Å². The molecule has 3 rings (SSSR count). The summed E-state index contributed by atoms with van der Waals surface area (Å²) in [6.45, 7) is 2.04. The predicted molar refractivity (Wildman–Crippen MR) is 78.2 cm³/mol. The fraction of sp³-hybridized carbons (Fsp3) is 0.462. The molecule has 0 radical (unpaired) electrons. The van der Waals surface area contributed by atoms with Gasteiger partial charge in [-0.05, 0) is 12.5 Å². The first-order valence-corrected chi connectivity index (χ1v) is 8.97. The molecule has 1 aromatic carbocycles. The summed E-state index contributed by atoms with van der Waals surface area (Å²) in [5, 5.41) is 8.64. The van der Waals surface area contributed by atoms with E-state index >= 15 is 0 Å². The van der Waals surface area contributed by atoms with Gasteiger partial charge in [0.25, 0.3) is 0 Å². The van der Waals surface area contributed by atoms with Gasteiger partial charge in [-0.3, -0.25) is 5.41 Å². The van der Waals surface area contributed by atoms with Crippen molar-refractivity contribution in [3.05, 3.63) is 35.9 Å². The Bertz CT molecular complexity index is 600. The molecule has 1 aromatic rings. The number of thioether (sulfide) groups is 1. The van der Waals surface area contributed by atoms with Crippen molar-refractivity contribution in [2.45, 2.75) is 24.3 Å². The van der Waals surface area contributed by atoms with Crippen LogP contribution >= 0.6 is 11.8 Å². The second-order valence-electron chi connectivity index (χ2n) is 5.10. The molecule has 2 aliphatic rings. The smallest absolute Gasteiger partial charge is 0.157 e. The lowest BCUT2D eigenvalue weighted by Gasteiger charge is -2.30.